The van der Waals surface area contributed by atoms with Crippen LogP contribution in [0.4, 0.5) is 5.69 Å². The van der Waals surface area contributed by atoms with Crippen molar-refractivity contribution in [3.8, 4) is 18.2 Å². The van der Waals surface area contributed by atoms with Crippen LogP contribution in [0.2, 0.25) is 0 Å². The molecule has 1 unspecified atom stereocenters. The molecule has 2 heterocycles. The minimum atomic E-state index is -3.87. The van der Waals surface area contributed by atoms with Crippen LogP contribution in [-0.4, -0.2) is 31.4 Å². The molecule has 2 aromatic rings. The molecule has 0 radical (unpaired) electrons. The number of anilines is 1. The molecule has 0 N–H and O–H groups in total. The van der Waals surface area contributed by atoms with Gasteiger partial charge in [-0.05, 0) is 37.8 Å². The van der Waals surface area contributed by atoms with E-state index in [1.807, 2.05) is 48.5 Å². The predicted octanol–water partition coefficient (Wildman–Crippen LogP) is 5.20. The van der Waals surface area contributed by atoms with Crippen LogP contribution < -0.4 is 4.90 Å². The lowest BCUT2D eigenvalue weighted by Gasteiger charge is -2.41. The van der Waals surface area contributed by atoms with Crippen LogP contribution in [0.3, 0.4) is 0 Å². The van der Waals surface area contributed by atoms with Crippen LogP contribution in [0.25, 0.3) is 10.8 Å². The van der Waals surface area contributed by atoms with Crippen molar-refractivity contribution in [3.63, 3.8) is 0 Å². The Balaban J connectivity index is 1.52. The van der Waals surface area contributed by atoms with Gasteiger partial charge in [0.25, 0.3) is 0 Å². The van der Waals surface area contributed by atoms with Crippen LogP contribution in [0.15, 0.2) is 36.4 Å². The fourth-order valence-corrected chi connectivity index (χ4v) is 6.26. The fourth-order valence-electron chi connectivity index (χ4n) is 4.90. The van der Waals surface area contributed by atoms with Crippen LogP contribution in [0.5, 0.6) is 0 Å². The summed E-state index contributed by atoms with van der Waals surface area (Å²) in [6.45, 7) is -0.105. The standard InChI is InChI=1S/C24H25N4O4P/c25-11-3-13-30-33(29,31-14-4-12-26)32-21-15-19-8-9-20(16-21)28(19)24-10-7-18(17-27)22-5-1-2-6-23(22)24/h1-2,5-7,10,19-21H,3-4,8-9,13-16H2/t19-,20+,21?. The molecule has 4 rings (SSSR count). The quantitative estimate of drug-likeness (QED) is 0.367. The Morgan fingerprint density at radius 3 is 2.09 bits per heavy atom. The van der Waals surface area contributed by atoms with Gasteiger partial charge in [-0.15, -0.1) is 0 Å². The van der Waals surface area contributed by atoms with Crippen molar-refractivity contribution >= 4 is 24.3 Å². The summed E-state index contributed by atoms with van der Waals surface area (Å²) in [5.74, 6) is 0. The van der Waals surface area contributed by atoms with Crippen molar-refractivity contribution in [1.82, 2.24) is 0 Å². The maximum Gasteiger partial charge on any atom is 0.475 e. The normalized spacial score (nSPS) is 22.0. The molecule has 0 saturated carbocycles. The molecular formula is C24H25N4O4P. The highest BCUT2D eigenvalue weighted by molar-refractivity contribution is 7.48. The number of piperidine rings is 1. The molecule has 0 aliphatic carbocycles. The fraction of sp³-hybridized carbons (Fsp3) is 0.458. The van der Waals surface area contributed by atoms with Crippen molar-refractivity contribution in [3.05, 3.63) is 42.0 Å². The Morgan fingerprint density at radius 1 is 0.909 bits per heavy atom. The summed E-state index contributed by atoms with van der Waals surface area (Å²) in [7, 11) is -3.87. The van der Waals surface area contributed by atoms with Crippen LogP contribution in [0, 0.1) is 34.0 Å². The first-order valence-corrected chi connectivity index (χ1v) is 12.6. The topological polar surface area (TPSA) is 119 Å². The number of nitriles is 3. The van der Waals surface area contributed by atoms with Gasteiger partial charge in [0.15, 0.2) is 0 Å². The highest BCUT2D eigenvalue weighted by atomic mass is 31.2. The second kappa shape index (κ2) is 10.3. The lowest BCUT2D eigenvalue weighted by atomic mass is 9.96. The zero-order valence-electron chi connectivity index (χ0n) is 18.2. The zero-order valence-corrected chi connectivity index (χ0v) is 19.1. The highest BCUT2D eigenvalue weighted by Gasteiger charge is 2.44. The summed E-state index contributed by atoms with van der Waals surface area (Å²) in [5.41, 5.74) is 1.76. The van der Waals surface area contributed by atoms with E-state index in [9.17, 15) is 9.83 Å². The molecule has 2 aliphatic heterocycles. The second-order valence-electron chi connectivity index (χ2n) is 8.21. The molecule has 2 aromatic carbocycles. The summed E-state index contributed by atoms with van der Waals surface area (Å²) < 4.78 is 29.7. The summed E-state index contributed by atoms with van der Waals surface area (Å²) in [4.78, 5) is 2.42. The van der Waals surface area contributed by atoms with Crippen LogP contribution >= 0.6 is 7.82 Å². The number of benzene rings is 2. The summed E-state index contributed by atoms with van der Waals surface area (Å²) in [6, 6.07) is 18.4. The van der Waals surface area contributed by atoms with Crippen molar-refractivity contribution in [1.29, 1.82) is 15.8 Å². The molecular weight excluding hydrogens is 439 g/mol. The SMILES string of the molecule is N#CCCOP(=O)(OCCC#N)OC1C[C@H]2CC[C@@H](C1)N2c1ccc(C#N)c2ccccc12. The van der Waals surface area contributed by atoms with Gasteiger partial charge in [0.05, 0.1) is 55.9 Å². The first-order chi connectivity index (χ1) is 16.1. The van der Waals surface area contributed by atoms with Gasteiger partial charge in [0, 0.05) is 28.5 Å². The minimum absolute atomic E-state index is 0.0523. The van der Waals surface area contributed by atoms with Gasteiger partial charge in [0.2, 0.25) is 0 Å². The molecule has 3 atom stereocenters. The van der Waals surface area contributed by atoms with Gasteiger partial charge in [-0.2, -0.15) is 15.8 Å². The van der Waals surface area contributed by atoms with Crippen LogP contribution in [0.1, 0.15) is 44.1 Å². The molecule has 2 bridgehead atoms. The molecule has 2 fully saturated rings. The van der Waals surface area contributed by atoms with Gasteiger partial charge in [-0.3, -0.25) is 13.6 Å². The molecule has 0 aromatic heterocycles. The third-order valence-corrected chi connectivity index (χ3v) is 7.75. The molecule has 8 nitrogen and oxygen atoms in total. The maximum absolute atomic E-state index is 13.1. The van der Waals surface area contributed by atoms with Crippen molar-refractivity contribution in [2.45, 2.75) is 56.7 Å². The third-order valence-electron chi connectivity index (χ3n) is 6.19. The molecule has 170 valence electrons. The maximum atomic E-state index is 13.1. The van der Waals surface area contributed by atoms with Crippen molar-refractivity contribution in [2.24, 2.45) is 0 Å². The number of rotatable bonds is 9. The van der Waals surface area contributed by atoms with Crippen LogP contribution in [-0.2, 0) is 18.1 Å². The van der Waals surface area contributed by atoms with Gasteiger partial charge < -0.3 is 4.90 Å². The Labute approximate surface area is 193 Å². The van der Waals surface area contributed by atoms with Gasteiger partial charge in [0.1, 0.15) is 0 Å². The number of phosphoric ester groups is 1. The third kappa shape index (κ3) is 5.03. The van der Waals surface area contributed by atoms with Gasteiger partial charge in [-0.25, -0.2) is 4.57 Å². The monoisotopic (exact) mass is 464 g/mol. The average molecular weight is 464 g/mol. The summed E-state index contributed by atoms with van der Waals surface area (Å²) >= 11 is 0. The summed E-state index contributed by atoms with van der Waals surface area (Å²) in [6.07, 6.45) is 3.16. The predicted molar refractivity (Wildman–Crippen MR) is 122 cm³/mol. The van der Waals surface area contributed by atoms with Crippen molar-refractivity contribution in [2.75, 3.05) is 18.1 Å². The Kier molecular flexibility index (Phi) is 7.29. The minimum Gasteiger partial charge on any atom is -0.365 e. The molecule has 2 aliphatic rings. The first-order valence-electron chi connectivity index (χ1n) is 11.1. The second-order valence-corrected chi connectivity index (χ2v) is 9.83. The summed E-state index contributed by atoms with van der Waals surface area (Å²) in [5, 5.41) is 29.0. The number of hydrogen-bond acceptors (Lipinski definition) is 8. The number of phosphoric acid groups is 1. The smallest absolute Gasteiger partial charge is 0.365 e. The van der Waals surface area contributed by atoms with Gasteiger partial charge >= 0.3 is 7.82 Å². The molecule has 33 heavy (non-hydrogen) atoms. The number of fused-ring (bicyclic) bond motifs is 3. The largest absolute Gasteiger partial charge is 0.475 e. The van der Waals surface area contributed by atoms with E-state index in [0.717, 1.165) is 29.3 Å². The van der Waals surface area contributed by atoms with E-state index in [0.29, 0.717) is 18.4 Å². The lowest BCUT2D eigenvalue weighted by molar-refractivity contribution is 0.0621. The number of nitrogens with zero attached hydrogens (tertiary/aromatic N) is 4. The zero-order chi connectivity index (χ0) is 23.3. The highest BCUT2D eigenvalue weighted by Crippen LogP contribution is 2.54. The first kappa shape index (κ1) is 23.2. The van der Waals surface area contributed by atoms with E-state index in [1.165, 1.54) is 0 Å². The van der Waals surface area contributed by atoms with E-state index in [1.54, 1.807) is 0 Å². The van der Waals surface area contributed by atoms with E-state index in [4.69, 9.17) is 24.1 Å². The van der Waals surface area contributed by atoms with E-state index < -0.39 is 7.82 Å². The average Bonchev–Trinajstić information content (AvgIpc) is 3.08. The van der Waals surface area contributed by atoms with E-state index in [-0.39, 0.29) is 44.2 Å². The Morgan fingerprint density at radius 2 is 1.52 bits per heavy atom. The molecule has 0 amide bonds. The molecule has 9 heteroatoms. The molecule has 0 spiro atoms. The lowest BCUT2D eigenvalue weighted by Crippen LogP contribution is -2.45. The van der Waals surface area contributed by atoms with E-state index >= 15 is 0 Å². The van der Waals surface area contributed by atoms with Gasteiger partial charge in [-0.1, -0.05) is 24.3 Å². The Bertz CT molecular complexity index is 1140. The van der Waals surface area contributed by atoms with Crippen molar-refractivity contribution < 1.29 is 18.1 Å². The van der Waals surface area contributed by atoms with E-state index in [2.05, 4.69) is 11.0 Å². The Hall–Kier alpha value is -2.92. The number of hydrogen-bond donors (Lipinski definition) is 0. The molecule has 2 saturated heterocycles.